The van der Waals surface area contributed by atoms with Gasteiger partial charge in [0, 0.05) is 26.7 Å². The molecule has 2 fully saturated rings. The Bertz CT molecular complexity index is 1340. The molecule has 3 aliphatic rings. The summed E-state index contributed by atoms with van der Waals surface area (Å²) in [7, 11) is 1.40. The smallest absolute Gasteiger partial charge is 0.330 e. The molecule has 192 valence electrons. The Morgan fingerprint density at radius 2 is 1.68 bits per heavy atom. The third kappa shape index (κ3) is 3.58. The number of hydrogen-bond donors (Lipinski definition) is 0. The third-order valence-corrected chi connectivity index (χ3v) is 6.98. The molecule has 0 aromatic heterocycles. The van der Waals surface area contributed by atoms with E-state index in [0.717, 1.165) is 0 Å². The average Bonchev–Trinajstić information content (AvgIpc) is 3.15. The molecule has 3 atom stereocenters. The fourth-order valence-electron chi connectivity index (χ4n) is 5.65. The zero-order valence-corrected chi connectivity index (χ0v) is 21.0. The van der Waals surface area contributed by atoms with Crippen LogP contribution in [-0.4, -0.2) is 53.9 Å². The van der Waals surface area contributed by atoms with Crippen molar-refractivity contribution in [2.45, 2.75) is 51.5 Å². The number of ether oxygens (including phenoxy) is 4. The number of hydrazone groups is 1. The molecule has 10 heteroatoms. The van der Waals surface area contributed by atoms with Gasteiger partial charge in [-0.05, 0) is 35.7 Å². The molecule has 0 bridgehead atoms. The fraction of sp³-hybridized carbons (Fsp3) is 0.370. The first kappa shape index (κ1) is 24.5. The predicted octanol–water partition coefficient (Wildman–Crippen LogP) is 2.89. The van der Waals surface area contributed by atoms with Crippen LogP contribution in [0.4, 0.5) is 0 Å². The molecule has 3 aliphatic heterocycles. The largest absolute Gasteiger partial charge is 0.493 e. The second-order valence-electron chi connectivity index (χ2n) is 9.74. The van der Waals surface area contributed by atoms with Crippen molar-refractivity contribution in [1.29, 1.82) is 0 Å². The zero-order valence-electron chi connectivity index (χ0n) is 21.0. The van der Waals surface area contributed by atoms with Crippen LogP contribution >= 0.6 is 0 Å². The van der Waals surface area contributed by atoms with Crippen LogP contribution < -0.4 is 9.47 Å². The molecule has 2 aromatic rings. The van der Waals surface area contributed by atoms with Gasteiger partial charge in [0.1, 0.15) is 12.1 Å². The lowest BCUT2D eigenvalue weighted by Gasteiger charge is -2.44. The van der Waals surface area contributed by atoms with Gasteiger partial charge >= 0.3 is 17.9 Å². The van der Waals surface area contributed by atoms with Crippen molar-refractivity contribution in [2.75, 3.05) is 7.11 Å². The maximum absolute atomic E-state index is 14.0. The van der Waals surface area contributed by atoms with Crippen LogP contribution in [0.15, 0.2) is 47.6 Å². The molecule has 10 nitrogen and oxygen atoms in total. The van der Waals surface area contributed by atoms with E-state index in [1.54, 1.807) is 30.5 Å². The topological polar surface area (TPSA) is 121 Å². The lowest BCUT2D eigenvalue weighted by atomic mass is 9.65. The summed E-state index contributed by atoms with van der Waals surface area (Å²) in [5.74, 6) is -4.68. The Morgan fingerprint density at radius 3 is 2.30 bits per heavy atom. The monoisotopic (exact) mass is 506 g/mol. The van der Waals surface area contributed by atoms with Crippen LogP contribution in [-0.2, 0) is 28.7 Å². The van der Waals surface area contributed by atoms with E-state index < -0.39 is 47.1 Å². The minimum atomic E-state index is -1.96. The number of Topliss-reactive ketones (excluding diaryl/α,β-unsaturated/α-hetero) is 1. The van der Waals surface area contributed by atoms with Gasteiger partial charge in [0.15, 0.2) is 17.3 Å². The molecule has 0 N–H and O–H groups in total. The lowest BCUT2D eigenvalue weighted by molar-refractivity contribution is -0.254. The van der Waals surface area contributed by atoms with Gasteiger partial charge in [-0.1, -0.05) is 30.3 Å². The Morgan fingerprint density at radius 1 is 1.00 bits per heavy atom. The highest BCUT2D eigenvalue weighted by molar-refractivity contribution is 6.07. The van der Waals surface area contributed by atoms with E-state index in [9.17, 15) is 19.2 Å². The van der Waals surface area contributed by atoms with Crippen molar-refractivity contribution in [3.05, 3.63) is 59.2 Å². The highest BCUT2D eigenvalue weighted by Gasteiger charge is 2.74. The maximum atomic E-state index is 14.0. The molecule has 2 saturated heterocycles. The number of carbonyl (C=O) groups is 4. The summed E-state index contributed by atoms with van der Waals surface area (Å²) in [5, 5.41) is 6.04. The molecular formula is C27H26N2O8. The maximum Gasteiger partial charge on any atom is 0.330 e. The Labute approximate surface area is 213 Å². The van der Waals surface area contributed by atoms with Crippen LogP contribution in [0.1, 0.15) is 56.3 Å². The molecular weight excluding hydrogens is 480 g/mol. The quantitative estimate of drug-likeness (QED) is 0.350. The zero-order chi connectivity index (χ0) is 26.7. The van der Waals surface area contributed by atoms with Gasteiger partial charge in [0.2, 0.25) is 5.41 Å². The van der Waals surface area contributed by atoms with E-state index in [4.69, 9.17) is 18.9 Å². The second kappa shape index (κ2) is 8.43. The number of benzene rings is 2. The van der Waals surface area contributed by atoms with Crippen molar-refractivity contribution < 1.29 is 38.1 Å². The van der Waals surface area contributed by atoms with Gasteiger partial charge in [-0.15, -0.1) is 0 Å². The minimum Gasteiger partial charge on any atom is -0.493 e. The molecule has 0 unspecified atom stereocenters. The highest BCUT2D eigenvalue weighted by Crippen LogP contribution is 2.63. The van der Waals surface area contributed by atoms with Crippen molar-refractivity contribution in [3.8, 4) is 11.5 Å². The molecule has 0 amide bonds. The number of fused-ring (bicyclic) bond motifs is 4. The number of ketones is 1. The average molecular weight is 507 g/mol. The summed E-state index contributed by atoms with van der Waals surface area (Å²) >= 11 is 0. The Kier molecular flexibility index (Phi) is 5.58. The van der Waals surface area contributed by atoms with Crippen molar-refractivity contribution in [3.63, 3.8) is 0 Å². The van der Waals surface area contributed by atoms with E-state index in [2.05, 4.69) is 5.10 Å². The molecule has 2 aromatic carbocycles. The number of methoxy groups -OCH3 is 1. The van der Waals surface area contributed by atoms with Gasteiger partial charge in [0.05, 0.1) is 13.3 Å². The van der Waals surface area contributed by atoms with Crippen molar-refractivity contribution >= 4 is 29.9 Å². The van der Waals surface area contributed by atoms with Gasteiger partial charge < -0.3 is 18.9 Å². The number of rotatable bonds is 4. The number of hydrogen-bond acceptors (Lipinski definition) is 10. The molecule has 0 saturated carbocycles. The SMILES string of the molecule is COc1cc([C@@H]2[C@@H](C(C)=O)N3N=Cc4ccccc4[C@@H]3C23C(=O)OC(C)(C)OC3=O)ccc1OC(C)=O. The summed E-state index contributed by atoms with van der Waals surface area (Å²) in [6.07, 6.45) is 1.60. The van der Waals surface area contributed by atoms with E-state index in [1.165, 1.54) is 45.9 Å². The fourth-order valence-corrected chi connectivity index (χ4v) is 5.65. The van der Waals surface area contributed by atoms with Crippen LogP contribution in [0.25, 0.3) is 0 Å². The molecule has 5 rings (SSSR count). The molecule has 1 spiro atoms. The second-order valence-corrected chi connectivity index (χ2v) is 9.74. The first-order valence-corrected chi connectivity index (χ1v) is 11.8. The Hall–Kier alpha value is -4.21. The number of cyclic esters (lactones) is 2. The van der Waals surface area contributed by atoms with E-state index in [1.807, 2.05) is 12.1 Å². The van der Waals surface area contributed by atoms with E-state index in [0.29, 0.717) is 16.7 Å². The van der Waals surface area contributed by atoms with Gasteiger partial charge in [-0.25, -0.2) is 0 Å². The summed E-state index contributed by atoms with van der Waals surface area (Å²) in [5.41, 5.74) is -0.195. The van der Waals surface area contributed by atoms with Crippen molar-refractivity contribution in [1.82, 2.24) is 5.01 Å². The van der Waals surface area contributed by atoms with Gasteiger partial charge in [-0.3, -0.25) is 24.2 Å². The van der Waals surface area contributed by atoms with Gasteiger partial charge in [0.25, 0.3) is 5.79 Å². The van der Waals surface area contributed by atoms with E-state index in [-0.39, 0.29) is 17.3 Å². The molecule has 37 heavy (non-hydrogen) atoms. The highest BCUT2D eigenvalue weighted by atomic mass is 16.7. The van der Waals surface area contributed by atoms with Crippen molar-refractivity contribution in [2.24, 2.45) is 10.5 Å². The first-order valence-electron chi connectivity index (χ1n) is 11.8. The first-order chi connectivity index (χ1) is 17.5. The number of carbonyl (C=O) groups excluding carboxylic acids is 4. The third-order valence-electron chi connectivity index (χ3n) is 6.98. The lowest BCUT2D eigenvalue weighted by Crippen LogP contribution is -2.58. The van der Waals surface area contributed by atoms with Crippen LogP contribution in [0, 0.1) is 5.41 Å². The molecule has 0 radical (unpaired) electrons. The summed E-state index contributed by atoms with van der Waals surface area (Å²) in [6, 6.07) is 9.89. The molecule has 0 aliphatic carbocycles. The number of esters is 3. The predicted molar refractivity (Wildman–Crippen MR) is 129 cm³/mol. The molecule has 3 heterocycles. The summed E-state index contributed by atoms with van der Waals surface area (Å²) < 4.78 is 22.0. The summed E-state index contributed by atoms with van der Waals surface area (Å²) in [6.45, 7) is 5.60. The van der Waals surface area contributed by atoms with Crippen LogP contribution in [0.3, 0.4) is 0 Å². The van der Waals surface area contributed by atoms with E-state index >= 15 is 0 Å². The minimum absolute atomic E-state index is 0.154. The van der Waals surface area contributed by atoms with Crippen LogP contribution in [0.2, 0.25) is 0 Å². The van der Waals surface area contributed by atoms with Crippen LogP contribution in [0.5, 0.6) is 11.5 Å². The normalized spacial score (nSPS) is 24.6. The standard InChI is InChI=1S/C27H26N2O8/c1-14(30)22-21(16-10-11-19(35-15(2)31)20(12-16)34-5)27(24(32)36-26(3,4)37-25(27)33)23-18-9-7-6-8-17(18)13-28-29(22)23/h6-13,21-23H,1-5H3/t21-,22-,23-/m1/s1. The Balaban J connectivity index is 1.79. The number of nitrogens with zero attached hydrogens (tertiary/aromatic N) is 2. The summed E-state index contributed by atoms with van der Waals surface area (Å²) in [4.78, 5) is 52.8. The van der Waals surface area contributed by atoms with Gasteiger partial charge in [-0.2, -0.15) is 5.10 Å².